The topological polar surface area (TPSA) is 76.2 Å². The van der Waals surface area contributed by atoms with Crippen LogP contribution in [0.5, 0.6) is 0 Å². The van der Waals surface area contributed by atoms with E-state index in [-0.39, 0.29) is 12.2 Å². The lowest BCUT2D eigenvalue weighted by atomic mass is 9.85. The highest BCUT2D eigenvalue weighted by atomic mass is 16.5. The normalized spacial score (nSPS) is 11.6. The second-order valence-corrected chi connectivity index (χ2v) is 9.42. The average Bonchev–Trinajstić information content (AvgIpc) is 3.40. The minimum atomic E-state index is -1.04. The Labute approximate surface area is 233 Å². The van der Waals surface area contributed by atoms with Gasteiger partial charge in [0.1, 0.15) is 0 Å². The number of nitrogens with one attached hydrogen (secondary N) is 1. The lowest BCUT2D eigenvalue weighted by Crippen LogP contribution is -2.26. The number of esters is 1. The highest BCUT2D eigenvalue weighted by Gasteiger charge is 2.33. The van der Waals surface area contributed by atoms with Crippen molar-refractivity contribution >= 4 is 34.0 Å². The van der Waals surface area contributed by atoms with E-state index in [1.54, 1.807) is 30.3 Å². The second kappa shape index (κ2) is 12.2. The summed E-state index contributed by atoms with van der Waals surface area (Å²) in [6.45, 7) is 2.08. The molecule has 5 heteroatoms. The molecular weight excluding hydrogens is 498 g/mol. The molecule has 0 bridgehead atoms. The fraction of sp³-hybridized carbons (Fsp3) is 0.114. The molecule has 0 saturated carbocycles. The number of Topliss-reactive ketones (excluding diaryl/α,β-unsaturated/α-hetero) is 2. The van der Waals surface area contributed by atoms with Gasteiger partial charge in [0.2, 0.25) is 0 Å². The quantitative estimate of drug-likeness (QED) is 0.0390. The van der Waals surface area contributed by atoms with Gasteiger partial charge in [0.05, 0.1) is 17.9 Å². The van der Waals surface area contributed by atoms with Crippen molar-refractivity contribution in [1.82, 2.24) is 4.98 Å². The third-order valence-electron chi connectivity index (χ3n) is 6.74. The molecule has 5 nitrogen and oxygen atoms in total. The number of fused-ring (bicyclic) bond motifs is 1. The SMILES string of the molecule is CCCCOC(=O)C(=O)/C(C(=O)c1ccccc1)=C(/c1ccccc1)c1c(-c2ccccc2)[nH]c2ccccc12. The summed E-state index contributed by atoms with van der Waals surface area (Å²) in [5.74, 6) is -2.54. The van der Waals surface area contributed by atoms with Crippen LogP contribution in [0.3, 0.4) is 0 Å². The van der Waals surface area contributed by atoms with Gasteiger partial charge in [-0.2, -0.15) is 0 Å². The molecule has 1 N–H and O–H groups in total. The molecule has 0 unspecified atom stereocenters. The molecule has 0 aliphatic rings. The van der Waals surface area contributed by atoms with E-state index in [4.69, 9.17) is 4.74 Å². The lowest BCUT2D eigenvalue weighted by molar-refractivity contribution is -0.152. The first-order chi connectivity index (χ1) is 19.6. The van der Waals surface area contributed by atoms with Gasteiger partial charge in [-0.3, -0.25) is 9.59 Å². The number of para-hydroxylation sites is 1. The van der Waals surface area contributed by atoms with Crippen molar-refractivity contribution < 1.29 is 19.1 Å². The van der Waals surface area contributed by atoms with Crippen LogP contribution in [0.15, 0.2) is 121 Å². The number of benzene rings is 4. The van der Waals surface area contributed by atoms with Crippen molar-refractivity contribution in [3.05, 3.63) is 138 Å². The number of aromatic amines is 1. The summed E-state index contributed by atoms with van der Waals surface area (Å²) < 4.78 is 5.33. The van der Waals surface area contributed by atoms with Gasteiger partial charge in [-0.05, 0) is 23.6 Å². The predicted molar refractivity (Wildman–Crippen MR) is 158 cm³/mol. The summed E-state index contributed by atoms with van der Waals surface area (Å²) in [7, 11) is 0. The minimum Gasteiger partial charge on any atom is -0.460 e. The molecule has 0 atom stereocenters. The maximum atomic E-state index is 14.2. The van der Waals surface area contributed by atoms with Crippen LogP contribution in [0.1, 0.15) is 41.3 Å². The molecule has 1 aromatic heterocycles. The van der Waals surface area contributed by atoms with E-state index in [0.717, 1.165) is 28.6 Å². The molecule has 198 valence electrons. The van der Waals surface area contributed by atoms with Crippen LogP contribution in [0.25, 0.3) is 27.7 Å². The van der Waals surface area contributed by atoms with Crippen LogP contribution in [0.2, 0.25) is 0 Å². The van der Waals surface area contributed by atoms with Crippen LogP contribution < -0.4 is 0 Å². The first-order valence-electron chi connectivity index (χ1n) is 13.4. The molecule has 0 aliphatic carbocycles. The van der Waals surface area contributed by atoms with E-state index in [1.165, 1.54) is 0 Å². The number of rotatable bonds is 10. The molecule has 0 saturated heterocycles. The summed E-state index contributed by atoms with van der Waals surface area (Å²) in [5, 5.41) is 0.825. The van der Waals surface area contributed by atoms with E-state index in [1.807, 2.05) is 91.9 Å². The van der Waals surface area contributed by atoms with Crippen molar-refractivity contribution in [1.29, 1.82) is 0 Å². The number of aromatic nitrogens is 1. The molecule has 0 spiro atoms. The van der Waals surface area contributed by atoms with Crippen molar-refractivity contribution in [3.8, 4) is 11.3 Å². The lowest BCUT2D eigenvalue weighted by Gasteiger charge is -2.17. The van der Waals surface area contributed by atoms with Crippen LogP contribution in [0, 0.1) is 0 Å². The molecule has 5 aromatic rings. The Morgan fingerprint density at radius 1 is 0.700 bits per heavy atom. The summed E-state index contributed by atoms with van der Waals surface area (Å²) in [5.41, 5.74) is 4.23. The Balaban J connectivity index is 1.87. The zero-order chi connectivity index (χ0) is 27.9. The molecule has 40 heavy (non-hydrogen) atoms. The van der Waals surface area contributed by atoms with Gasteiger partial charge in [-0.15, -0.1) is 0 Å². The van der Waals surface area contributed by atoms with Gasteiger partial charge in [0.25, 0.3) is 5.78 Å². The van der Waals surface area contributed by atoms with Crippen LogP contribution in [-0.2, 0) is 14.3 Å². The van der Waals surface area contributed by atoms with Crippen LogP contribution in [0.4, 0.5) is 0 Å². The van der Waals surface area contributed by atoms with E-state index >= 15 is 0 Å². The van der Waals surface area contributed by atoms with Gasteiger partial charge in [0.15, 0.2) is 5.78 Å². The molecule has 0 aliphatic heterocycles. The molecule has 1 heterocycles. The number of hydrogen-bond donors (Lipinski definition) is 1. The van der Waals surface area contributed by atoms with E-state index in [2.05, 4.69) is 4.98 Å². The van der Waals surface area contributed by atoms with E-state index < -0.39 is 17.5 Å². The van der Waals surface area contributed by atoms with E-state index in [0.29, 0.717) is 28.7 Å². The number of carbonyl (C=O) groups excluding carboxylic acids is 3. The molecular formula is C35H29NO4. The molecule has 0 amide bonds. The number of ketones is 2. The highest BCUT2D eigenvalue weighted by Crippen LogP contribution is 2.40. The minimum absolute atomic E-state index is 0.108. The number of unbranched alkanes of at least 4 members (excludes halogenated alkanes) is 1. The summed E-state index contributed by atoms with van der Waals surface area (Å²) in [6.07, 6.45) is 1.43. The van der Waals surface area contributed by atoms with Gasteiger partial charge in [-0.25, -0.2) is 4.79 Å². The van der Waals surface area contributed by atoms with Crippen molar-refractivity contribution in [3.63, 3.8) is 0 Å². The van der Waals surface area contributed by atoms with Crippen molar-refractivity contribution in [2.45, 2.75) is 19.8 Å². The Morgan fingerprint density at radius 2 is 1.27 bits per heavy atom. The summed E-state index contributed by atoms with van der Waals surface area (Å²) in [4.78, 5) is 44.9. The monoisotopic (exact) mass is 527 g/mol. The summed E-state index contributed by atoms with van der Waals surface area (Å²) >= 11 is 0. The highest BCUT2D eigenvalue weighted by molar-refractivity contribution is 6.51. The Morgan fingerprint density at radius 3 is 1.93 bits per heavy atom. The number of H-pyrrole nitrogens is 1. The predicted octanol–water partition coefficient (Wildman–Crippen LogP) is 7.43. The molecule has 0 radical (unpaired) electrons. The van der Waals surface area contributed by atoms with Gasteiger partial charge in [0, 0.05) is 27.6 Å². The maximum Gasteiger partial charge on any atom is 0.379 e. The maximum absolute atomic E-state index is 14.2. The fourth-order valence-corrected chi connectivity index (χ4v) is 4.78. The average molecular weight is 528 g/mol. The standard InChI is InChI=1S/C35H29NO4/c1-2-3-23-40-35(39)34(38)31(33(37)26-19-11-6-12-20-26)29(24-15-7-4-8-16-24)30-27-21-13-14-22-28(27)36-32(30)25-17-9-5-10-18-25/h4-22,36H,2-3,23H2,1H3/b31-29-. The summed E-state index contributed by atoms with van der Waals surface area (Å²) in [6, 6.07) is 35.3. The second-order valence-electron chi connectivity index (χ2n) is 9.42. The first kappa shape index (κ1) is 26.6. The largest absolute Gasteiger partial charge is 0.460 e. The zero-order valence-electron chi connectivity index (χ0n) is 22.2. The molecule has 5 rings (SSSR count). The van der Waals surface area contributed by atoms with Crippen molar-refractivity contribution in [2.24, 2.45) is 0 Å². The Bertz CT molecular complexity index is 1680. The van der Waals surface area contributed by atoms with E-state index in [9.17, 15) is 14.4 Å². The zero-order valence-corrected chi connectivity index (χ0v) is 22.2. The molecule has 0 fully saturated rings. The smallest absolute Gasteiger partial charge is 0.379 e. The number of carbonyl (C=O) groups is 3. The Kier molecular flexibility index (Phi) is 8.12. The molecule has 4 aromatic carbocycles. The fourth-order valence-electron chi connectivity index (χ4n) is 4.78. The van der Waals surface area contributed by atoms with Crippen LogP contribution >= 0.6 is 0 Å². The number of ether oxygens (including phenoxy) is 1. The van der Waals surface area contributed by atoms with Crippen LogP contribution in [-0.4, -0.2) is 29.1 Å². The van der Waals surface area contributed by atoms with Gasteiger partial charge < -0.3 is 9.72 Å². The third kappa shape index (κ3) is 5.40. The Hall–Kier alpha value is -5.03. The van der Waals surface area contributed by atoms with Gasteiger partial charge >= 0.3 is 5.97 Å². The first-order valence-corrected chi connectivity index (χ1v) is 13.4. The van der Waals surface area contributed by atoms with Crippen molar-refractivity contribution in [2.75, 3.05) is 6.61 Å². The van der Waals surface area contributed by atoms with Gasteiger partial charge in [-0.1, -0.05) is 123 Å². The third-order valence-corrected chi connectivity index (χ3v) is 6.74. The number of hydrogen-bond acceptors (Lipinski definition) is 4.